The molecule has 1 fully saturated rings. The molecular formula is C20H24N2O. The van der Waals surface area contributed by atoms with E-state index >= 15 is 0 Å². The highest BCUT2D eigenvalue weighted by Crippen LogP contribution is 2.33. The number of benzene rings is 2. The molecule has 1 saturated heterocycles. The summed E-state index contributed by atoms with van der Waals surface area (Å²) in [4.78, 5) is 16.7. The molecule has 0 saturated carbocycles. The smallest absolute Gasteiger partial charge is 0.240 e. The van der Waals surface area contributed by atoms with Crippen LogP contribution in [0.3, 0.4) is 0 Å². The SMILES string of the molecule is Cc1ccccc1C1CCCN1CC(=O)N(C)c1ccccc1. The van der Waals surface area contributed by atoms with Gasteiger partial charge in [0.1, 0.15) is 0 Å². The van der Waals surface area contributed by atoms with Crippen LogP contribution in [0.25, 0.3) is 0 Å². The minimum Gasteiger partial charge on any atom is -0.314 e. The molecule has 1 amide bonds. The van der Waals surface area contributed by atoms with Crippen molar-refractivity contribution in [2.75, 3.05) is 25.0 Å². The summed E-state index contributed by atoms with van der Waals surface area (Å²) in [6, 6.07) is 18.7. The number of rotatable bonds is 4. The fourth-order valence-electron chi connectivity index (χ4n) is 3.40. The quantitative estimate of drug-likeness (QED) is 0.858. The number of nitrogens with zero attached hydrogens (tertiary/aromatic N) is 2. The molecule has 120 valence electrons. The van der Waals surface area contributed by atoms with Gasteiger partial charge in [-0.15, -0.1) is 0 Å². The first kappa shape index (κ1) is 15.8. The standard InChI is InChI=1S/C20H24N2O/c1-16-9-6-7-12-18(16)19-13-8-14-22(19)15-20(23)21(2)17-10-4-3-5-11-17/h3-7,9-12,19H,8,13-15H2,1-2H3. The number of para-hydroxylation sites is 1. The molecule has 0 aromatic heterocycles. The summed E-state index contributed by atoms with van der Waals surface area (Å²) in [5.41, 5.74) is 3.62. The molecular weight excluding hydrogens is 284 g/mol. The molecule has 0 bridgehead atoms. The topological polar surface area (TPSA) is 23.6 Å². The van der Waals surface area contributed by atoms with Crippen LogP contribution in [0.4, 0.5) is 5.69 Å². The first-order valence-electron chi connectivity index (χ1n) is 8.28. The lowest BCUT2D eigenvalue weighted by molar-refractivity contribution is -0.119. The number of likely N-dealkylation sites (tertiary alicyclic amines) is 1. The van der Waals surface area contributed by atoms with E-state index in [0.29, 0.717) is 12.6 Å². The van der Waals surface area contributed by atoms with Crippen LogP contribution in [-0.2, 0) is 4.79 Å². The average molecular weight is 308 g/mol. The van der Waals surface area contributed by atoms with E-state index in [1.54, 1.807) is 4.90 Å². The van der Waals surface area contributed by atoms with Gasteiger partial charge in [-0.25, -0.2) is 0 Å². The number of amides is 1. The van der Waals surface area contributed by atoms with Crippen molar-refractivity contribution >= 4 is 11.6 Å². The average Bonchev–Trinajstić information content (AvgIpc) is 3.03. The molecule has 3 rings (SSSR count). The Morgan fingerprint density at radius 3 is 2.57 bits per heavy atom. The van der Waals surface area contributed by atoms with Crippen LogP contribution >= 0.6 is 0 Å². The van der Waals surface area contributed by atoms with Gasteiger partial charge in [-0.1, -0.05) is 42.5 Å². The maximum atomic E-state index is 12.6. The molecule has 0 radical (unpaired) electrons. The molecule has 1 heterocycles. The van der Waals surface area contributed by atoms with Crippen LogP contribution in [0, 0.1) is 6.92 Å². The monoisotopic (exact) mass is 308 g/mol. The molecule has 0 aliphatic carbocycles. The van der Waals surface area contributed by atoms with Gasteiger partial charge in [0, 0.05) is 18.8 Å². The Labute approximate surface area is 138 Å². The third kappa shape index (κ3) is 3.45. The summed E-state index contributed by atoms with van der Waals surface area (Å²) >= 11 is 0. The number of carbonyl (C=O) groups is 1. The lowest BCUT2D eigenvalue weighted by Gasteiger charge is -2.27. The van der Waals surface area contributed by atoms with E-state index < -0.39 is 0 Å². The number of carbonyl (C=O) groups excluding carboxylic acids is 1. The van der Waals surface area contributed by atoms with Gasteiger partial charge < -0.3 is 4.90 Å². The van der Waals surface area contributed by atoms with Gasteiger partial charge in [-0.05, 0) is 49.6 Å². The first-order chi connectivity index (χ1) is 11.2. The van der Waals surface area contributed by atoms with Crippen LogP contribution in [0.1, 0.15) is 30.0 Å². The van der Waals surface area contributed by atoms with E-state index in [1.807, 2.05) is 37.4 Å². The second kappa shape index (κ2) is 6.97. The molecule has 1 unspecified atom stereocenters. The fourth-order valence-corrected chi connectivity index (χ4v) is 3.40. The van der Waals surface area contributed by atoms with E-state index in [0.717, 1.165) is 25.1 Å². The molecule has 1 atom stereocenters. The van der Waals surface area contributed by atoms with E-state index in [9.17, 15) is 4.79 Å². The van der Waals surface area contributed by atoms with E-state index in [1.165, 1.54) is 11.1 Å². The zero-order chi connectivity index (χ0) is 16.2. The summed E-state index contributed by atoms with van der Waals surface area (Å²) in [5, 5.41) is 0. The van der Waals surface area contributed by atoms with Gasteiger partial charge in [0.25, 0.3) is 0 Å². The van der Waals surface area contributed by atoms with Crippen LogP contribution in [0.2, 0.25) is 0 Å². The highest BCUT2D eigenvalue weighted by atomic mass is 16.2. The Balaban J connectivity index is 1.72. The zero-order valence-corrected chi connectivity index (χ0v) is 13.9. The van der Waals surface area contributed by atoms with Crippen LogP contribution in [-0.4, -0.2) is 30.9 Å². The molecule has 0 spiro atoms. The Bertz CT molecular complexity index is 668. The van der Waals surface area contributed by atoms with Crippen molar-refractivity contribution in [2.45, 2.75) is 25.8 Å². The number of aryl methyl sites for hydroxylation is 1. The highest BCUT2D eigenvalue weighted by molar-refractivity contribution is 5.94. The summed E-state index contributed by atoms with van der Waals surface area (Å²) in [5.74, 6) is 0.150. The lowest BCUT2D eigenvalue weighted by atomic mass is 9.99. The highest BCUT2D eigenvalue weighted by Gasteiger charge is 2.29. The number of anilines is 1. The van der Waals surface area contributed by atoms with Crippen molar-refractivity contribution in [3.05, 3.63) is 65.7 Å². The molecule has 2 aromatic carbocycles. The summed E-state index contributed by atoms with van der Waals surface area (Å²) in [6.45, 7) is 3.63. The predicted molar refractivity (Wildman–Crippen MR) is 94.6 cm³/mol. The third-order valence-electron chi connectivity index (χ3n) is 4.77. The third-order valence-corrected chi connectivity index (χ3v) is 4.77. The van der Waals surface area contributed by atoms with Gasteiger partial charge in [-0.2, -0.15) is 0 Å². The minimum absolute atomic E-state index is 0.150. The Morgan fingerprint density at radius 1 is 1.13 bits per heavy atom. The molecule has 23 heavy (non-hydrogen) atoms. The maximum absolute atomic E-state index is 12.6. The molecule has 3 nitrogen and oxygen atoms in total. The fraction of sp³-hybridized carbons (Fsp3) is 0.350. The largest absolute Gasteiger partial charge is 0.314 e. The first-order valence-corrected chi connectivity index (χ1v) is 8.28. The van der Waals surface area contributed by atoms with E-state index in [-0.39, 0.29) is 5.91 Å². The van der Waals surface area contributed by atoms with Gasteiger partial charge in [-0.3, -0.25) is 9.69 Å². The predicted octanol–water partition coefficient (Wildman–Crippen LogP) is 3.79. The molecule has 3 heteroatoms. The minimum atomic E-state index is 0.150. The number of hydrogen-bond donors (Lipinski definition) is 0. The van der Waals surface area contributed by atoms with Crippen molar-refractivity contribution in [1.29, 1.82) is 0 Å². The Kier molecular flexibility index (Phi) is 4.77. The molecule has 0 N–H and O–H groups in total. The van der Waals surface area contributed by atoms with Gasteiger partial charge in [0.15, 0.2) is 0 Å². The van der Waals surface area contributed by atoms with Crippen LogP contribution in [0.5, 0.6) is 0 Å². The van der Waals surface area contributed by atoms with E-state index in [2.05, 4.69) is 36.1 Å². The van der Waals surface area contributed by atoms with Gasteiger partial charge in [0.2, 0.25) is 5.91 Å². The van der Waals surface area contributed by atoms with Crippen molar-refractivity contribution in [1.82, 2.24) is 4.90 Å². The Hall–Kier alpha value is -2.13. The van der Waals surface area contributed by atoms with Crippen LogP contribution < -0.4 is 4.90 Å². The number of hydrogen-bond acceptors (Lipinski definition) is 2. The van der Waals surface area contributed by atoms with Crippen molar-refractivity contribution in [3.63, 3.8) is 0 Å². The maximum Gasteiger partial charge on any atom is 0.240 e. The normalized spacial score (nSPS) is 18.1. The summed E-state index contributed by atoms with van der Waals surface area (Å²) in [7, 11) is 1.86. The van der Waals surface area contributed by atoms with Crippen molar-refractivity contribution < 1.29 is 4.79 Å². The second-order valence-electron chi connectivity index (χ2n) is 6.27. The van der Waals surface area contributed by atoms with E-state index in [4.69, 9.17) is 0 Å². The summed E-state index contributed by atoms with van der Waals surface area (Å²) in [6.07, 6.45) is 2.29. The second-order valence-corrected chi connectivity index (χ2v) is 6.27. The molecule has 1 aliphatic rings. The van der Waals surface area contributed by atoms with Crippen LogP contribution in [0.15, 0.2) is 54.6 Å². The molecule has 1 aliphatic heterocycles. The van der Waals surface area contributed by atoms with Gasteiger partial charge >= 0.3 is 0 Å². The summed E-state index contributed by atoms with van der Waals surface area (Å²) < 4.78 is 0. The Morgan fingerprint density at radius 2 is 1.83 bits per heavy atom. The number of likely N-dealkylation sites (N-methyl/N-ethyl adjacent to an activating group) is 1. The zero-order valence-electron chi connectivity index (χ0n) is 13.9. The molecule has 2 aromatic rings. The van der Waals surface area contributed by atoms with Crippen molar-refractivity contribution in [2.24, 2.45) is 0 Å². The van der Waals surface area contributed by atoms with Crippen molar-refractivity contribution in [3.8, 4) is 0 Å². The van der Waals surface area contributed by atoms with Gasteiger partial charge in [0.05, 0.1) is 6.54 Å². The lowest BCUT2D eigenvalue weighted by Crippen LogP contribution is -2.38.